The van der Waals surface area contributed by atoms with Gasteiger partial charge in [0.25, 0.3) is 0 Å². The summed E-state index contributed by atoms with van der Waals surface area (Å²) in [6.07, 6.45) is 1.20. The van der Waals surface area contributed by atoms with Crippen molar-refractivity contribution in [2.75, 3.05) is 25.5 Å². The number of ether oxygens (including phenoxy) is 1. The van der Waals surface area contributed by atoms with E-state index in [1.807, 2.05) is 12.1 Å². The molecule has 4 N–H and O–H groups in total. The van der Waals surface area contributed by atoms with Crippen molar-refractivity contribution < 1.29 is 14.3 Å². The summed E-state index contributed by atoms with van der Waals surface area (Å²) in [6.45, 7) is 0.615. The number of nitrogens with one attached hydrogen (secondary N) is 2. The SMILES string of the molecule is CNC(=O)OCCNc1ccc2ncc(-c3cccc(C(N)=O)c3)n2n1. The maximum atomic E-state index is 11.4. The number of hydrogen-bond acceptors (Lipinski definition) is 6. The number of rotatable bonds is 6. The van der Waals surface area contributed by atoms with E-state index in [0.29, 0.717) is 23.6 Å². The lowest BCUT2D eigenvalue weighted by Crippen LogP contribution is -2.22. The van der Waals surface area contributed by atoms with E-state index >= 15 is 0 Å². The number of amides is 2. The van der Waals surface area contributed by atoms with Crippen molar-refractivity contribution in [3.63, 3.8) is 0 Å². The second-order valence-corrected chi connectivity index (χ2v) is 5.39. The topological polar surface area (TPSA) is 124 Å². The third kappa shape index (κ3) is 3.72. The molecule has 0 unspecified atom stereocenters. The molecule has 0 spiro atoms. The molecule has 0 aliphatic heterocycles. The second kappa shape index (κ2) is 7.51. The van der Waals surface area contributed by atoms with Crippen molar-refractivity contribution in [2.45, 2.75) is 0 Å². The lowest BCUT2D eigenvalue weighted by atomic mass is 10.1. The number of aromatic nitrogens is 3. The predicted octanol–water partition coefficient (Wildman–Crippen LogP) is 1.26. The van der Waals surface area contributed by atoms with E-state index in [1.165, 1.54) is 7.05 Å². The van der Waals surface area contributed by atoms with Crippen LogP contribution in [0.15, 0.2) is 42.6 Å². The van der Waals surface area contributed by atoms with Gasteiger partial charge in [-0.25, -0.2) is 14.3 Å². The molecule has 3 rings (SSSR count). The normalized spacial score (nSPS) is 10.5. The predicted molar refractivity (Wildman–Crippen MR) is 95.8 cm³/mol. The van der Waals surface area contributed by atoms with Crippen LogP contribution in [0.3, 0.4) is 0 Å². The number of hydrogen-bond donors (Lipinski definition) is 3. The Hall–Kier alpha value is -3.62. The third-order valence-electron chi connectivity index (χ3n) is 3.65. The number of carbonyl (C=O) groups is 2. The molecule has 2 amide bonds. The molecule has 26 heavy (non-hydrogen) atoms. The number of primary amides is 1. The highest BCUT2D eigenvalue weighted by Gasteiger charge is 2.10. The van der Waals surface area contributed by atoms with Crippen molar-refractivity contribution >= 4 is 23.5 Å². The van der Waals surface area contributed by atoms with Crippen LogP contribution in [0.1, 0.15) is 10.4 Å². The number of imidazole rings is 1. The third-order valence-corrected chi connectivity index (χ3v) is 3.65. The highest BCUT2D eigenvalue weighted by Crippen LogP contribution is 2.21. The largest absolute Gasteiger partial charge is 0.448 e. The summed E-state index contributed by atoms with van der Waals surface area (Å²) in [5.74, 6) is 0.107. The maximum Gasteiger partial charge on any atom is 0.406 e. The molecule has 0 radical (unpaired) electrons. The first kappa shape index (κ1) is 17.2. The molecule has 0 aliphatic rings. The number of fused-ring (bicyclic) bond motifs is 1. The molecule has 0 fully saturated rings. The smallest absolute Gasteiger partial charge is 0.406 e. The van der Waals surface area contributed by atoms with E-state index in [9.17, 15) is 9.59 Å². The summed E-state index contributed by atoms with van der Waals surface area (Å²) < 4.78 is 6.58. The molecule has 0 aliphatic carbocycles. The van der Waals surface area contributed by atoms with E-state index in [2.05, 4.69) is 20.7 Å². The van der Waals surface area contributed by atoms with E-state index in [-0.39, 0.29) is 6.61 Å². The highest BCUT2D eigenvalue weighted by molar-refractivity contribution is 5.94. The Morgan fingerprint density at radius 3 is 2.88 bits per heavy atom. The zero-order chi connectivity index (χ0) is 18.5. The first-order valence-corrected chi connectivity index (χ1v) is 7.92. The Balaban J connectivity index is 1.81. The van der Waals surface area contributed by atoms with Gasteiger partial charge in [0.2, 0.25) is 5.91 Å². The van der Waals surface area contributed by atoms with E-state index < -0.39 is 12.0 Å². The summed E-state index contributed by atoms with van der Waals surface area (Å²) in [4.78, 5) is 26.7. The van der Waals surface area contributed by atoms with Gasteiger partial charge in [0.1, 0.15) is 12.4 Å². The first-order valence-electron chi connectivity index (χ1n) is 7.92. The Morgan fingerprint density at radius 1 is 1.27 bits per heavy atom. The number of carbonyl (C=O) groups excluding carboxylic acids is 2. The van der Waals surface area contributed by atoms with Crippen LogP contribution in [0.5, 0.6) is 0 Å². The molecule has 0 saturated carbocycles. The molecule has 3 aromatic rings. The maximum absolute atomic E-state index is 11.4. The average molecular weight is 354 g/mol. The summed E-state index contributed by atoms with van der Waals surface area (Å²) in [5, 5.41) is 9.94. The van der Waals surface area contributed by atoms with Gasteiger partial charge < -0.3 is 21.1 Å². The fourth-order valence-electron chi connectivity index (χ4n) is 2.39. The van der Waals surface area contributed by atoms with Crippen molar-refractivity contribution in [3.05, 3.63) is 48.2 Å². The van der Waals surface area contributed by atoms with E-state index in [4.69, 9.17) is 10.5 Å². The van der Waals surface area contributed by atoms with Crippen molar-refractivity contribution in [3.8, 4) is 11.3 Å². The molecule has 0 saturated heterocycles. The number of nitrogens with zero attached hydrogens (tertiary/aromatic N) is 3. The fraction of sp³-hybridized carbons (Fsp3) is 0.176. The van der Waals surface area contributed by atoms with Crippen molar-refractivity contribution in [1.29, 1.82) is 0 Å². The Bertz CT molecular complexity index is 953. The lowest BCUT2D eigenvalue weighted by Gasteiger charge is -2.08. The molecule has 134 valence electrons. The van der Waals surface area contributed by atoms with Crippen molar-refractivity contribution in [1.82, 2.24) is 19.9 Å². The zero-order valence-corrected chi connectivity index (χ0v) is 14.1. The summed E-state index contributed by atoms with van der Waals surface area (Å²) in [7, 11) is 1.50. The van der Waals surface area contributed by atoms with Crippen LogP contribution in [-0.2, 0) is 4.74 Å². The van der Waals surface area contributed by atoms with Crippen LogP contribution >= 0.6 is 0 Å². The highest BCUT2D eigenvalue weighted by atomic mass is 16.5. The Labute approximate surface area is 149 Å². The molecule has 1 aromatic carbocycles. The van der Waals surface area contributed by atoms with Gasteiger partial charge in [0, 0.05) is 18.2 Å². The standard InChI is InChI=1S/C17H18N6O3/c1-19-17(25)26-8-7-20-14-5-6-15-21-10-13(23(15)22-14)11-3-2-4-12(9-11)16(18)24/h2-6,9-10H,7-8H2,1H3,(H2,18,24)(H,19,25)(H,20,22). The average Bonchev–Trinajstić information content (AvgIpc) is 3.08. The van der Waals surface area contributed by atoms with Crippen LogP contribution < -0.4 is 16.4 Å². The Kier molecular flexibility index (Phi) is 4.97. The second-order valence-electron chi connectivity index (χ2n) is 5.39. The summed E-state index contributed by atoms with van der Waals surface area (Å²) >= 11 is 0. The monoisotopic (exact) mass is 354 g/mol. The molecule has 2 aromatic heterocycles. The fourth-order valence-corrected chi connectivity index (χ4v) is 2.39. The number of nitrogens with two attached hydrogens (primary N) is 1. The molecular weight excluding hydrogens is 336 g/mol. The van der Waals surface area contributed by atoms with Gasteiger partial charge in [-0.1, -0.05) is 12.1 Å². The van der Waals surface area contributed by atoms with Gasteiger partial charge in [-0.15, -0.1) is 5.10 Å². The Morgan fingerprint density at radius 2 is 2.12 bits per heavy atom. The van der Waals surface area contributed by atoms with Crippen molar-refractivity contribution in [2.24, 2.45) is 5.73 Å². The van der Waals surface area contributed by atoms with Crippen LogP contribution in [0.4, 0.5) is 10.6 Å². The van der Waals surface area contributed by atoms with Gasteiger partial charge in [0.15, 0.2) is 5.65 Å². The van der Waals surface area contributed by atoms with Gasteiger partial charge >= 0.3 is 6.09 Å². The summed E-state index contributed by atoms with van der Waals surface area (Å²) in [6, 6.07) is 10.6. The number of anilines is 1. The number of benzene rings is 1. The van der Waals surface area contributed by atoms with Gasteiger partial charge in [0.05, 0.1) is 18.4 Å². The minimum absolute atomic E-state index is 0.205. The zero-order valence-electron chi connectivity index (χ0n) is 14.1. The quantitative estimate of drug-likeness (QED) is 0.573. The summed E-state index contributed by atoms with van der Waals surface area (Å²) in [5.41, 5.74) is 7.93. The molecule has 2 heterocycles. The first-order chi connectivity index (χ1) is 12.6. The minimum atomic E-state index is -0.493. The van der Waals surface area contributed by atoms with E-state index in [0.717, 1.165) is 11.3 Å². The van der Waals surface area contributed by atoms with Crippen LogP contribution in [0, 0.1) is 0 Å². The van der Waals surface area contributed by atoms with Crippen LogP contribution in [0.2, 0.25) is 0 Å². The van der Waals surface area contributed by atoms with Gasteiger partial charge in [-0.05, 0) is 24.3 Å². The molecule has 0 bridgehead atoms. The molecule has 9 nitrogen and oxygen atoms in total. The van der Waals surface area contributed by atoms with Crippen LogP contribution in [-0.4, -0.2) is 46.8 Å². The van der Waals surface area contributed by atoms with E-state index in [1.54, 1.807) is 35.0 Å². The molecular formula is C17H18N6O3. The lowest BCUT2D eigenvalue weighted by molar-refractivity contribution is 0.1000. The minimum Gasteiger partial charge on any atom is -0.448 e. The van der Waals surface area contributed by atoms with Gasteiger partial charge in [-0.3, -0.25) is 4.79 Å². The van der Waals surface area contributed by atoms with Gasteiger partial charge in [-0.2, -0.15) is 0 Å². The molecule has 9 heteroatoms. The number of alkyl carbamates (subject to hydrolysis) is 1. The van der Waals surface area contributed by atoms with Crippen LogP contribution in [0.25, 0.3) is 16.9 Å². The molecule has 0 atom stereocenters.